The predicted molar refractivity (Wildman–Crippen MR) is 551 cm³/mol. The number of pyridine rings is 4. The Morgan fingerprint density at radius 3 is 0.956 bits per heavy atom. The number of allylic oxidation sites excluding steroid dienone is 8. The topological polar surface area (TPSA) is 210 Å². The fourth-order valence-electron chi connectivity index (χ4n) is 12.4. The van der Waals surface area contributed by atoms with Crippen molar-refractivity contribution in [2.24, 2.45) is 43.3 Å². The summed E-state index contributed by atoms with van der Waals surface area (Å²) in [5.41, 5.74) is 25.5. The zero-order valence-electron chi connectivity index (χ0n) is 87.3. The molecule has 0 saturated heterocycles. The Kier molecular flexibility index (Phi) is 47.5. The van der Waals surface area contributed by atoms with E-state index in [1.807, 2.05) is 203 Å². The molecule has 13 nitrogen and oxygen atoms in total. The monoisotopic (exact) mass is 2540 g/mol. The first-order chi connectivity index (χ1) is 60.1. The Hall–Kier alpha value is -9.36. The van der Waals surface area contributed by atoms with Crippen LogP contribution < -0.4 is 4.74 Å². The van der Waals surface area contributed by atoms with Crippen LogP contribution >= 0.6 is 0 Å². The molecule has 135 heavy (non-hydrogen) atoms. The molecule has 0 aliphatic carbocycles. The summed E-state index contributed by atoms with van der Waals surface area (Å²) in [7, 11) is 1.67. The van der Waals surface area contributed by atoms with Crippen molar-refractivity contribution in [2.75, 3.05) is 7.11 Å². The molecule has 0 aliphatic rings. The molecule has 0 amide bonds. The minimum atomic E-state index is -0.417. The second kappa shape index (κ2) is 51.9. The molecule has 0 aliphatic heterocycles. The van der Waals surface area contributed by atoms with Crippen molar-refractivity contribution < 1.29 is 125 Å². The van der Waals surface area contributed by atoms with Gasteiger partial charge < -0.3 is 25.2 Å². The van der Waals surface area contributed by atoms with Crippen LogP contribution in [0.15, 0.2) is 205 Å². The quantitative estimate of drug-likeness (QED) is 0.0603. The molecular weight excluding hydrogens is 2390 g/mol. The number of carbonyl (C=O) groups excluding carboxylic acids is 4. The summed E-state index contributed by atoms with van der Waals surface area (Å²) >= 11 is 0. The zero-order chi connectivity index (χ0) is 99.5. The Morgan fingerprint density at radius 1 is 0.289 bits per heavy atom. The number of aromatic nitrogens is 4. The second-order valence-electron chi connectivity index (χ2n) is 42.8. The Morgan fingerprint density at radius 2 is 0.607 bits per heavy atom. The van der Waals surface area contributed by atoms with Crippen LogP contribution in [0, 0.1) is 158 Å². The van der Waals surface area contributed by atoms with E-state index in [0.717, 1.165) is 78.4 Å². The van der Waals surface area contributed by atoms with Crippen LogP contribution in [0.2, 0.25) is 0 Å². The molecule has 0 bridgehead atoms. The molecular formula is C118H148Ir4N4O9-4. The van der Waals surface area contributed by atoms with E-state index in [4.69, 9.17) is 24.7 Å². The van der Waals surface area contributed by atoms with Crippen LogP contribution in [-0.2, 0) is 99.6 Å². The first-order valence-corrected chi connectivity index (χ1v) is 45.0. The van der Waals surface area contributed by atoms with Gasteiger partial charge in [0.2, 0.25) is 0 Å². The molecule has 0 saturated carbocycles. The van der Waals surface area contributed by atoms with E-state index in [1.165, 1.54) is 113 Å². The molecule has 0 spiro atoms. The first-order valence-electron chi connectivity index (χ1n) is 45.0. The number of carbonyl (C=O) groups is 4. The minimum Gasteiger partial charge on any atom is -0.516 e. The summed E-state index contributed by atoms with van der Waals surface area (Å²) in [5, 5.41) is 43.1. The number of aliphatic hydroxyl groups excluding tert-OH is 4. The molecule has 17 heteroatoms. The van der Waals surface area contributed by atoms with Gasteiger partial charge in [-0.15, -0.1) is 135 Å². The van der Waals surface area contributed by atoms with E-state index in [0.29, 0.717) is 0 Å². The number of ketones is 4. The normalized spacial score (nSPS) is 12.0. The summed E-state index contributed by atoms with van der Waals surface area (Å²) in [6.07, 6.45) is 5.33. The molecule has 0 fully saturated rings. The molecule has 12 rings (SSSR count). The van der Waals surface area contributed by atoms with Crippen LogP contribution in [0.5, 0.6) is 5.75 Å². The van der Waals surface area contributed by atoms with Gasteiger partial charge in [-0.1, -0.05) is 268 Å². The maximum Gasteiger partial charge on any atom is 0.164 e. The number of nitrogens with zero attached hydrogens (tertiary/aromatic N) is 4. The smallest absolute Gasteiger partial charge is 0.164 e. The standard InChI is InChI=1S/2C19H18N.C18H16NO.C18H16N.4C11H20O2.4Ir/c1-12-5-6-14(3)17(10-12)18-8-7-16-15(4)9-13(2)11-19(16)20-18;1-12-5-6-16(14(3)9-12)18-8-7-17-15(4)10-13(2)11-19(17)20-18;1-12-9-13(2)16-7-8-17(19-18(16)10-12)14-5-4-6-15(11-14)20-3;1-12-5-4-6-15(9-12)17-8-7-16-10-13(2)14(3)11-18(16)19-17;4*1-10(2,3)8(12)7-9(13)11(4,5)6;;;;/h5-9,11H,1-4H3;5,7-11H,1-4H3;4,6-11H,1-3H3;4-5,7-11H,1-3H3;4*7,12H,1-6H3;;;;/q4*-1;;;;;;;;. The van der Waals surface area contributed by atoms with Gasteiger partial charge in [0.15, 0.2) is 23.1 Å². The van der Waals surface area contributed by atoms with Crippen molar-refractivity contribution in [1.82, 2.24) is 19.9 Å². The van der Waals surface area contributed by atoms with Crippen LogP contribution in [-0.4, -0.2) is 70.6 Å². The maximum atomic E-state index is 11.5. The zero-order valence-corrected chi connectivity index (χ0v) is 96.9. The molecule has 8 aromatic carbocycles. The summed E-state index contributed by atoms with van der Waals surface area (Å²) in [6, 6.07) is 67.8. The number of aliphatic hydroxyl groups is 4. The third-order valence-electron chi connectivity index (χ3n) is 21.5. The van der Waals surface area contributed by atoms with Crippen molar-refractivity contribution in [1.29, 1.82) is 0 Å². The molecule has 0 unspecified atom stereocenters. The van der Waals surface area contributed by atoms with Crippen LogP contribution in [0.3, 0.4) is 0 Å². The number of ether oxygens (including phenoxy) is 1. The van der Waals surface area contributed by atoms with Gasteiger partial charge in [-0.05, 0) is 158 Å². The number of aryl methyl sites for hydroxylation is 13. The Balaban J connectivity index is 0.000000775. The van der Waals surface area contributed by atoms with Crippen molar-refractivity contribution >= 4 is 66.7 Å². The van der Waals surface area contributed by atoms with Gasteiger partial charge in [-0.25, -0.2) is 0 Å². The summed E-state index contributed by atoms with van der Waals surface area (Å²) in [6.45, 7) is 71.9. The molecule has 4 radical (unpaired) electrons. The van der Waals surface area contributed by atoms with E-state index in [1.54, 1.807) is 7.11 Å². The third kappa shape index (κ3) is 39.2. The summed E-state index contributed by atoms with van der Waals surface area (Å²) in [4.78, 5) is 65.1. The Bertz CT molecular complexity index is 6000. The van der Waals surface area contributed by atoms with Gasteiger partial charge >= 0.3 is 0 Å². The fraction of sp³-hybridized carbons (Fsp3) is 0.390. The molecule has 4 aromatic heterocycles. The fourth-order valence-corrected chi connectivity index (χ4v) is 12.4. The van der Waals surface area contributed by atoms with E-state index in [2.05, 4.69) is 236 Å². The number of fused-ring (bicyclic) bond motifs is 4. The number of hydrogen-bond donors (Lipinski definition) is 4. The largest absolute Gasteiger partial charge is 0.516 e. The van der Waals surface area contributed by atoms with E-state index >= 15 is 0 Å². The van der Waals surface area contributed by atoms with Crippen molar-refractivity contribution in [3.8, 4) is 50.8 Å². The third-order valence-corrected chi connectivity index (χ3v) is 21.5. The van der Waals surface area contributed by atoms with Crippen LogP contribution in [0.4, 0.5) is 0 Å². The number of benzene rings is 8. The number of hydrogen-bond acceptors (Lipinski definition) is 13. The number of rotatable bonds is 9. The Labute approximate surface area is 863 Å². The van der Waals surface area contributed by atoms with Crippen molar-refractivity contribution in [3.05, 3.63) is 302 Å². The van der Waals surface area contributed by atoms with E-state index < -0.39 is 21.7 Å². The molecule has 734 valence electrons. The van der Waals surface area contributed by atoms with E-state index in [-0.39, 0.29) is 148 Å². The second-order valence-corrected chi connectivity index (χ2v) is 42.8. The molecule has 0 atom stereocenters. The molecule has 12 aromatic rings. The van der Waals surface area contributed by atoms with Crippen LogP contribution in [0.25, 0.3) is 88.6 Å². The van der Waals surface area contributed by atoms with E-state index in [9.17, 15) is 39.6 Å². The average Bonchev–Trinajstić information content (AvgIpc) is 0.801. The number of methoxy groups -OCH3 is 1. The summed E-state index contributed by atoms with van der Waals surface area (Å²) in [5.74, 6) is 1.24. The maximum absolute atomic E-state index is 11.5. The van der Waals surface area contributed by atoms with Gasteiger partial charge in [0, 0.05) is 170 Å². The van der Waals surface area contributed by atoms with Crippen LogP contribution in [0.1, 0.15) is 238 Å². The van der Waals surface area contributed by atoms with Gasteiger partial charge in [0.05, 0.1) is 29.2 Å². The van der Waals surface area contributed by atoms with Gasteiger partial charge in [-0.2, -0.15) is 0 Å². The van der Waals surface area contributed by atoms with Gasteiger partial charge in [0.1, 0.15) is 23.0 Å². The van der Waals surface area contributed by atoms with Crippen molar-refractivity contribution in [3.63, 3.8) is 0 Å². The minimum absolute atomic E-state index is 0. The first kappa shape index (κ1) is 124. The predicted octanol–water partition coefficient (Wildman–Crippen LogP) is 31.2. The summed E-state index contributed by atoms with van der Waals surface area (Å²) < 4.78 is 5.25. The molecule has 4 heterocycles. The van der Waals surface area contributed by atoms with Gasteiger partial charge in [-0.3, -0.25) is 39.1 Å². The van der Waals surface area contributed by atoms with Gasteiger partial charge in [0.25, 0.3) is 0 Å². The average molecular weight is 2540 g/mol. The SMILES string of the molecule is CC(C)(C)C(=O)C=C(O)C(C)(C)C.CC(C)(C)C(=O)C=C(O)C(C)(C)C.CC(C)(C)C(=O)C=C(O)C(C)(C)C.CC(C)(C)C(=O)C=C(O)C(C)(C)C.COc1cc[c-]c(-c2ccc3c(C)cc(C)cc3n2)c1.Cc1[c-]c(-c2ccc3c(C)cc(C)cc3n2)c(C)cc1.Cc1c[c-]c(-c2ccc3c(C)cc(C)cc3n2)c(C)c1.Cc1cc[c-]c(-c2ccc3cc(C)c(C)cc3n2)c1.[Ir].[Ir].[Ir].[Ir]. The molecule has 4 N–H and O–H groups in total. The van der Waals surface area contributed by atoms with Crippen molar-refractivity contribution in [2.45, 2.75) is 256 Å².